The lowest BCUT2D eigenvalue weighted by Gasteiger charge is -2.15. The average molecular weight is 286 g/mol. The Morgan fingerprint density at radius 3 is 2.94 bits per heavy atom. The van der Waals surface area contributed by atoms with E-state index in [1.54, 1.807) is 11.3 Å². The third kappa shape index (κ3) is 2.10. The van der Waals surface area contributed by atoms with Gasteiger partial charge in [0.05, 0.1) is 16.1 Å². The molecule has 1 aromatic carbocycles. The molecule has 1 N–H and O–H groups in total. The minimum absolute atomic E-state index is 0.0139. The SMILES string of the molecule is Fc1ccc(F)c(NC2CCc3sc(Cl)cc32)c1. The topological polar surface area (TPSA) is 12.0 Å². The number of aryl methyl sites for hydroxylation is 1. The van der Waals surface area contributed by atoms with Gasteiger partial charge in [-0.15, -0.1) is 11.3 Å². The Labute approximate surface area is 112 Å². The van der Waals surface area contributed by atoms with Crippen LogP contribution in [0.2, 0.25) is 4.34 Å². The number of fused-ring (bicyclic) bond motifs is 1. The number of thiophene rings is 1. The van der Waals surface area contributed by atoms with Crippen LogP contribution in [-0.4, -0.2) is 0 Å². The van der Waals surface area contributed by atoms with Crippen LogP contribution in [0.15, 0.2) is 24.3 Å². The third-order valence-electron chi connectivity index (χ3n) is 3.11. The summed E-state index contributed by atoms with van der Waals surface area (Å²) in [5.41, 5.74) is 1.31. The molecule has 1 aliphatic rings. The van der Waals surface area contributed by atoms with Crippen LogP contribution >= 0.6 is 22.9 Å². The highest BCUT2D eigenvalue weighted by Crippen LogP contribution is 2.41. The second kappa shape index (κ2) is 4.52. The van der Waals surface area contributed by atoms with E-state index < -0.39 is 11.6 Å². The zero-order chi connectivity index (χ0) is 12.7. The van der Waals surface area contributed by atoms with E-state index in [4.69, 9.17) is 11.6 Å². The Morgan fingerprint density at radius 1 is 1.28 bits per heavy atom. The molecule has 0 radical (unpaired) electrons. The van der Waals surface area contributed by atoms with Crippen molar-refractivity contribution in [3.05, 3.63) is 50.7 Å². The lowest BCUT2D eigenvalue weighted by Crippen LogP contribution is -2.08. The smallest absolute Gasteiger partial charge is 0.146 e. The van der Waals surface area contributed by atoms with Crippen molar-refractivity contribution in [2.45, 2.75) is 18.9 Å². The molecule has 0 bridgehead atoms. The van der Waals surface area contributed by atoms with Gasteiger partial charge in [0.1, 0.15) is 11.6 Å². The summed E-state index contributed by atoms with van der Waals surface area (Å²) in [5, 5.41) is 3.05. The monoisotopic (exact) mass is 285 g/mol. The molecule has 5 heteroatoms. The maximum Gasteiger partial charge on any atom is 0.146 e. The summed E-state index contributed by atoms with van der Waals surface area (Å²) in [6, 6.07) is 5.35. The van der Waals surface area contributed by atoms with Crippen LogP contribution in [0.1, 0.15) is 22.9 Å². The molecule has 0 fully saturated rings. The van der Waals surface area contributed by atoms with Gasteiger partial charge in [-0.25, -0.2) is 8.78 Å². The molecule has 0 saturated heterocycles. The maximum atomic E-state index is 13.6. The number of halogens is 3. The van der Waals surface area contributed by atoms with Crippen LogP contribution in [0.5, 0.6) is 0 Å². The zero-order valence-electron chi connectivity index (χ0n) is 9.34. The second-order valence-electron chi connectivity index (χ2n) is 4.29. The number of rotatable bonds is 2. The van der Waals surface area contributed by atoms with Crippen LogP contribution in [-0.2, 0) is 6.42 Å². The summed E-state index contributed by atoms with van der Waals surface area (Å²) < 4.78 is 27.4. The molecule has 1 aromatic heterocycles. The highest BCUT2D eigenvalue weighted by Gasteiger charge is 2.25. The summed E-state index contributed by atoms with van der Waals surface area (Å²) >= 11 is 7.52. The Balaban J connectivity index is 1.88. The van der Waals surface area contributed by atoms with Crippen LogP contribution in [0, 0.1) is 11.6 Å². The largest absolute Gasteiger partial charge is 0.376 e. The molecule has 1 heterocycles. The molecule has 1 unspecified atom stereocenters. The maximum absolute atomic E-state index is 13.6. The van der Waals surface area contributed by atoms with Gasteiger partial charge in [-0.05, 0) is 42.7 Å². The van der Waals surface area contributed by atoms with Crippen molar-refractivity contribution in [1.82, 2.24) is 0 Å². The molecule has 2 aromatic rings. The number of benzene rings is 1. The van der Waals surface area contributed by atoms with E-state index in [1.807, 2.05) is 6.07 Å². The molecule has 0 amide bonds. The minimum atomic E-state index is -0.444. The highest BCUT2D eigenvalue weighted by molar-refractivity contribution is 7.16. The van der Waals surface area contributed by atoms with Crippen LogP contribution in [0.3, 0.4) is 0 Å². The zero-order valence-corrected chi connectivity index (χ0v) is 10.9. The van der Waals surface area contributed by atoms with Gasteiger partial charge < -0.3 is 5.32 Å². The van der Waals surface area contributed by atoms with Crippen molar-refractivity contribution in [2.24, 2.45) is 0 Å². The van der Waals surface area contributed by atoms with E-state index in [-0.39, 0.29) is 11.7 Å². The highest BCUT2D eigenvalue weighted by atomic mass is 35.5. The molecule has 94 valence electrons. The summed E-state index contributed by atoms with van der Waals surface area (Å²) in [7, 11) is 0. The molecule has 1 nitrogen and oxygen atoms in total. The Hall–Kier alpha value is -1.13. The van der Waals surface area contributed by atoms with Crippen LogP contribution in [0.4, 0.5) is 14.5 Å². The molecular formula is C13H10ClF2NS. The molecule has 1 aliphatic carbocycles. The quantitative estimate of drug-likeness (QED) is 0.837. The number of nitrogens with one attached hydrogen (secondary N) is 1. The van der Waals surface area contributed by atoms with E-state index in [0.29, 0.717) is 0 Å². The lowest BCUT2D eigenvalue weighted by atomic mass is 10.1. The third-order valence-corrected chi connectivity index (χ3v) is 4.44. The number of hydrogen-bond acceptors (Lipinski definition) is 2. The standard InChI is InChI=1S/C13H10ClF2NS/c14-13-6-8-10(3-4-12(8)18-13)17-11-5-7(15)1-2-9(11)16/h1-2,5-6,10,17H,3-4H2. The Bertz CT molecular complexity index is 597. The van der Waals surface area contributed by atoms with Crippen molar-refractivity contribution in [3.8, 4) is 0 Å². The molecule has 0 aliphatic heterocycles. The van der Waals surface area contributed by atoms with Crippen molar-refractivity contribution in [3.63, 3.8) is 0 Å². The van der Waals surface area contributed by atoms with Gasteiger partial charge in [0.2, 0.25) is 0 Å². The summed E-state index contributed by atoms with van der Waals surface area (Å²) in [6.45, 7) is 0. The van der Waals surface area contributed by atoms with Gasteiger partial charge in [-0.2, -0.15) is 0 Å². The second-order valence-corrected chi connectivity index (χ2v) is 6.06. The summed E-state index contributed by atoms with van der Waals surface area (Å²) in [6.07, 6.45) is 1.82. The fourth-order valence-electron chi connectivity index (χ4n) is 2.28. The molecule has 3 rings (SSSR count). The van der Waals surface area contributed by atoms with E-state index in [9.17, 15) is 8.78 Å². The van der Waals surface area contributed by atoms with Crippen molar-refractivity contribution < 1.29 is 8.78 Å². The van der Waals surface area contributed by atoms with Crippen LogP contribution < -0.4 is 5.32 Å². The molecular weight excluding hydrogens is 276 g/mol. The minimum Gasteiger partial charge on any atom is -0.376 e. The number of hydrogen-bond donors (Lipinski definition) is 1. The van der Waals surface area contributed by atoms with Gasteiger partial charge in [-0.3, -0.25) is 0 Å². The molecule has 0 saturated carbocycles. The van der Waals surface area contributed by atoms with E-state index in [1.165, 1.54) is 10.9 Å². The van der Waals surface area contributed by atoms with E-state index in [2.05, 4.69) is 5.32 Å². The summed E-state index contributed by atoms with van der Waals surface area (Å²) in [4.78, 5) is 1.23. The average Bonchev–Trinajstić information content (AvgIpc) is 2.84. The lowest BCUT2D eigenvalue weighted by molar-refractivity contribution is 0.599. The Morgan fingerprint density at radius 2 is 2.11 bits per heavy atom. The fraction of sp³-hybridized carbons (Fsp3) is 0.231. The van der Waals surface area contributed by atoms with Gasteiger partial charge in [0.15, 0.2) is 0 Å². The summed E-state index contributed by atoms with van der Waals surface area (Å²) in [5.74, 6) is -0.883. The van der Waals surface area contributed by atoms with Crippen molar-refractivity contribution in [2.75, 3.05) is 5.32 Å². The van der Waals surface area contributed by atoms with Crippen LogP contribution in [0.25, 0.3) is 0 Å². The van der Waals surface area contributed by atoms with Gasteiger partial charge in [0.25, 0.3) is 0 Å². The first kappa shape index (κ1) is 11.9. The first-order chi connectivity index (χ1) is 8.63. The van der Waals surface area contributed by atoms with Gasteiger partial charge in [0, 0.05) is 4.88 Å². The van der Waals surface area contributed by atoms with E-state index in [0.717, 1.165) is 34.9 Å². The number of anilines is 1. The Kier molecular flexibility index (Phi) is 2.99. The molecule has 1 atom stereocenters. The van der Waals surface area contributed by atoms with Gasteiger partial charge in [-0.1, -0.05) is 11.6 Å². The predicted octanol–water partition coefficient (Wildman–Crippen LogP) is 4.78. The first-order valence-electron chi connectivity index (χ1n) is 5.63. The predicted molar refractivity (Wildman–Crippen MR) is 70.4 cm³/mol. The van der Waals surface area contributed by atoms with Gasteiger partial charge >= 0.3 is 0 Å². The van der Waals surface area contributed by atoms with Crippen molar-refractivity contribution >= 4 is 28.6 Å². The van der Waals surface area contributed by atoms with E-state index >= 15 is 0 Å². The molecule has 0 spiro atoms. The first-order valence-corrected chi connectivity index (χ1v) is 6.82. The molecule has 18 heavy (non-hydrogen) atoms. The van der Waals surface area contributed by atoms with Crippen molar-refractivity contribution in [1.29, 1.82) is 0 Å². The normalized spacial score (nSPS) is 17.8. The fourth-order valence-corrected chi connectivity index (χ4v) is 3.63.